The molecule has 36 heavy (non-hydrogen) atoms. The number of fused-ring (bicyclic) bond motifs is 1. The molecule has 8 nitrogen and oxygen atoms in total. The van der Waals surface area contributed by atoms with Crippen LogP contribution in [0.15, 0.2) is 71.2 Å². The minimum Gasteiger partial charge on any atom is -0.497 e. The second-order valence-corrected chi connectivity index (χ2v) is 9.23. The van der Waals surface area contributed by atoms with Crippen LogP contribution in [0.5, 0.6) is 5.75 Å². The molecule has 0 aliphatic carbocycles. The largest absolute Gasteiger partial charge is 0.497 e. The van der Waals surface area contributed by atoms with Gasteiger partial charge in [-0.3, -0.25) is 19.8 Å². The molecule has 10 heteroatoms. The normalized spacial score (nSPS) is 10.7. The number of benzene rings is 3. The van der Waals surface area contributed by atoms with Crippen molar-refractivity contribution in [3.05, 3.63) is 93.0 Å². The maximum absolute atomic E-state index is 13.2. The Morgan fingerprint density at radius 2 is 1.75 bits per heavy atom. The van der Waals surface area contributed by atoms with Crippen molar-refractivity contribution in [2.45, 2.75) is 13.5 Å². The summed E-state index contributed by atoms with van der Waals surface area (Å²) in [4.78, 5) is 38.5. The van der Waals surface area contributed by atoms with Gasteiger partial charge in [0, 0.05) is 27.1 Å². The van der Waals surface area contributed by atoms with E-state index in [1.54, 1.807) is 74.7 Å². The highest BCUT2D eigenvalue weighted by molar-refractivity contribution is 9.10. The Bertz CT molecular complexity index is 1470. The van der Waals surface area contributed by atoms with E-state index >= 15 is 0 Å². The Hall–Kier alpha value is -3.82. The molecule has 0 bridgehead atoms. The Morgan fingerprint density at radius 3 is 2.47 bits per heavy atom. The van der Waals surface area contributed by atoms with Crippen LogP contribution in [-0.2, 0) is 16.1 Å². The zero-order chi connectivity index (χ0) is 25.8. The summed E-state index contributed by atoms with van der Waals surface area (Å²) in [6, 6.07) is 19.2. The topological polar surface area (TPSA) is 101 Å². The van der Waals surface area contributed by atoms with Crippen LogP contribution in [0.2, 0.25) is 5.02 Å². The molecule has 0 saturated heterocycles. The molecule has 0 aliphatic heterocycles. The molecule has 3 amide bonds. The lowest BCUT2D eigenvalue weighted by Gasteiger charge is -2.14. The summed E-state index contributed by atoms with van der Waals surface area (Å²) in [6.45, 7) is 1.94. The molecule has 0 radical (unpaired) electrons. The minimum atomic E-state index is -0.920. The average molecular weight is 570 g/mol. The zero-order valence-corrected chi connectivity index (χ0v) is 21.7. The number of nitrogens with one attached hydrogen (secondary N) is 3. The summed E-state index contributed by atoms with van der Waals surface area (Å²) in [6.07, 6.45) is 0. The van der Waals surface area contributed by atoms with Crippen molar-refractivity contribution in [3.8, 4) is 5.75 Å². The highest BCUT2D eigenvalue weighted by Gasteiger charge is 2.21. The molecular weight excluding hydrogens is 548 g/mol. The average Bonchev–Trinajstić information content (AvgIpc) is 3.22. The fraction of sp³-hybridized carbons (Fsp3) is 0.115. The highest BCUT2D eigenvalue weighted by atomic mass is 79.9. The van der Waals surface area contributed by atoms with Crippen LogP contribution in [0, 0.1) is 6.92 Å². The first-order valence-corrected chi connectivity index (χ1v) is 12.0. The smallest absolute Gasteiger partial charge is 0.328 e. The molecule has 1 aromatic heterocycles. The Kier molecular flexibility index (Phi) is 7.61. The number of amides is 3. The fourth-order valence-corrected chi connectivity index (χ4v) is 4.11. The standard InChI is InChI=1S/C26H22BrClN4O4/c1-15-20(28)4-3-5-21(15)30-24(33)23-13-17-12-18(27)8-11-22(17)32(23)31-26(35)25(34)29-14-16-6-9-19(36-2)10-7-16/h3-13H,14H2,1-2H3,(H,29,34)(H,30,33)(H,31,35). The number of rotatable bonds is 6. The number of anilines is 1. The third-order valence-corrected chi connectivity index (χ3v) is 6.45. The van der Waals surface area contributed by atoms with Crippen molar-refractivity contribution in [2.24, 2.45) is 0 Å². The lowest BCUT2D eigenvalue weighted by molar-refractivity contribution is -0.136. The van der Waals surface area contributed by atoms with Gasteiger partial charge in [-0.25, -0.2) is 4.68 Å². The molecule has 0 unspecified atom stereocenters. The molecular formula is C26H22BrClN4O4. The molecule has 184 valence electrons. The summed E-state index contributed by atoms with van der Waals surface area (Å²) in [7, 11) is 1.56. The number of carbonyl (C=O) groups excluding carboxylic acids is 3. The van der Waals surface area contributed by atoms with E-state index in [0.717, 1.165) is 10.0 Å². The Balaban J connectivity index is 1.56. The molecule has 0 atom stereocenters. The predicted molar refractivity (Wildman–Crippen MR) is 143 cm³/mol. The lowest BCUT2D eigenvalue weighted by atomic mass is 10.2. The fourth-order valence-electron chi connectivity index (χ4n) is 3.56. The minimum absolute atomic E-state index is 0.138. The first-order chi connectivity index (χ1) is 17.3. The summed E-state index contributed by atoms with van der Waals surface area (Å²) in [5.74, 6) is -1.56. The molecule has 0 aliphatic rings. The van der Waals surface area contributed by atoms with Crippen LogP contribution >= 0.6 is 27.5 Å². The second kappa shape index (κ2) is 10.8. The van der Waals surface area contributed by atoms with Crippen molar-refractivity contribution in [3.63, 3.8) is 0 Å². The summed E-state index contributed by atoms with van der Waals surface area (Å²) < 4.78 is 7.22. The van der Waals surface area contributed by atoms with E-state index in [0.29, 0.717) is 32.9 Å². The van der Waals surface area contributed by atoms with E-state index in [1.165, 1.54) is 4.68 Å². The molecule has 0 saturated carbocycles. The van der Waals surface area contributed by atoms with E-state index in [2.05, 4.69) is 32.0 Å². The van der Waals surface area contributed by atoms with Crippen LogP contribution < -0.4 is 20.8 Å². The third kappa shape index (κ3) is 5.53. The van der Waals surface area contributed by atoms with E-state index in [1.807, 2.05) is 6.07 Å². The van der Waals surface area contributed by atoms with Crippen molar-refractivity contribution in [1.82, 2.24) is 9.99 Å². The van der Waals surface area contributed by atoms with Crippen LogP contribution in [0.1, 0.15) is 21.6 Å². The predicted octanol–water partition coefficient (Wildman–Crippen LogP) is 5.01. The van der Waals surface area contributed by atoms with Gasteiger partial charge in [-0.2, -0.15) is 0 Å². The van der Waals surface area contributed by atoms with E-state index in [9.17, 15) is 14.4 Å². The number of nitrogens with zero attached hydrogens (tertiary/aromatic N) is 1. The van der Waals surface area contributed by atoms with Crippen LogP contribution in [0.25, 0.3) is 10.9 Å². The molecule has 1 heterocycles. The Morgan fingerprint density at radius 1 is 1.00 bits per heavy atom. The van der Waals surface area contributed by atoms with Gasteiger partial charge in [0.05, 0.1) is 12.6 Å². The summed E-state index contributed by atoms with van der Waals surface area (Å²) in [5.41, 5.74) is 5.27. The second-order valence-electron chi connectivity index (χ2n) is 7.91. The highest BCUT2D eigenvalue weighted by Crippen LogP contribution is 2.26. The van der Waals surface area contributed by atoms with Gasteiger partial charge in [0.2, 0.25) is 0 Å². The molecule has 0 fully saturated rings. The summed E-state index contributed by atoms with van der Waals surface area (Å²) >= 11 is 9.60. The summed E-state index contributed by atoms with van der Waals surface area (Å²) in [5, 5.41) is 6.61. The molecule has 4 rings (SSSR count). The van der Waals surface area contributed by atoms with Gasteiger partial charge in [-0.15, -0.1) is 0 Å². The van der Waals surface area contributed by atoms with Crippen molar-refractivity contribution >= 4 is 61.8 Å². The number of carbonyl (C=O) groups is 3. The van der Waals surface area contributed by atoms with E-state index in [4.69, 9.17) is 16.3 Å². The van der Waals surface area contributed by atoms with Gasteiger partial charge < -0.3 is 15.4 Å². The molecule has 0 spiro atoms. The van der Waals surface area contributed by atoms with Gasteiger partial charge in [-0.05, 0) is 66.6 Å². The molecule has 3 N–H and O–H groups in total. The van der Waals surface area contributed by atoms with Crippen LogP contribution in [0.3, 0.4) is 0 Å². The lowest BCUT2D eigenvalue weighted by Crippen LogP contribution is -2.39. The van der Waals surface area contributed by atoms with E-state index in [-0.39, 0.29) is 12.2 Å². The van der Waals surface area contributed by atoms with Crippen molar-refractivity contribution in [1.29, 1.82) is 0 Å². The van der Waals surface area contributed by atoms with Crippen LogP contribution in [-0.4, -0.2) is 29.5 Å². The monoisotopic (exact) mass is 568 g/mol. The number of methoxy groups -OCH3 is 1. The maximum atomic E-state index is 13.2. The van der Waals surface area contributed by atoms with Gasteiger partial charge in [0.1, 0.15) is 11.4 Å². The number of aromatic nitrogens is 1. The first kappa shape index (κ1) is 25.3. The van der Waals surface area contributed by atoms with Crippen molar-refractivity contribution < 1.29 is 19.1 Å². The first-order valence-electron chi connectivity index (χ1n) is 10.9. The number of halogens is 2. The molecule has 3 aromatic carbocycles. The van der Waals surface area contributed by atoms with Gasteiger partial charge in [0.25, 0.3) is 5.91 Å². The van der Waals surface area contributed by atoms with Crippen molar-refractivity contribution in [2.75, 3.05) is 17.9 Å². The number of ether oxygens (including phenoxy) is 1. The van der Waals surface area contributed by atoms with E-state index < -0.39 is 17.7 Å². The number of hydrogen-bond acceptors (Lipinski definition) is 4. The van der Waals surface area contributed by atoms with Gasteiger partial charge >= 0.3 is 11.8 Å². The zero-order valence-electron chi connectivity index (χ0n) is 19.4. The number of hydrogen-bond donors (Lipinski definition) is 3. The molecule has 4 aromatic rings. The quantitative estimate of drug-likeness (QED) is 0.284. The SMILES string of the molecule is COc1ccc(CNC(=O)C(=O)Nn2c(C(=O)Nc3cccc(Cl)c3C)cc3cc(Br)ccc32)cc1. The van der Waals surface area contributed by atoms with Gasteiger partial charge in [-0.1, -0.05) is 45.7 Å². The maximum Gasteiger partial charge on any atom is 0.328 e. The van der Waals surface area contributed by atoms with Crippen LogP contribution in [0.4, 0.5) is 5.69 Å². The Labute approximate surface area is 220 Å². The third-order valence-electron chi connectivity index (χ3n) is 5.54. The van der Waals surface area contributed by atoms with Gasteiger partial charge in [0.15, 0.2) is 0 Å².